The molecule has 0 spiro atoms. The summed E-state index contributed by atoms with van der Waals surface area (Å²) in [7, 11) is 0. The Morgan fingerprint density at radius 1 is 0.773 bits per heavy atom. The number of hydrogen-bond acceptors (Lipinski definition) is 3. The summed E-state index contributed by atoms with van der Waals surface area (Å²) in [6.07, 6.45) is 0. The summed E-state index contributed by atoms with van der Waals surface area (Å²) >= 11 is 3.64. The van der Waals surface area contributed by atoms with E-state index in [-0.39, 0.29) is 0 Å². The first-order chi connectivity index (χ1) is 10.8. The van der Waals surface area contributed by atoms with Crippen LogP contribution >= 0.6 is 23.5 Å². The molecule has 0 aromatic heterocycles. The van der Waals surface area contributed by atoms with Crippen LogP contribution in [-0.4, -0.2) is 0 Å². The van der Waals surface area contributed by atoms with Crippen molar-refractivity contribution in [3.05, 3.63) is 72.3 Å². The second-order valence-electron chi connectivity index (χ2n) is 5.30. The third kappa shape index (κ3) is 2.74. The topological polar surface area (TPSA) is 12.0 Å². The van der Waals surface area contributed by atoms with Crippen LogP contribution in [0.1, 0.15) is 5.56 Å². The first-order valence-electron chi connectivity index (χ1n) is 7.20. The van der Waals surface area contributed by atoms with Crippen molar-refractivity contribution in [2.24, 2.45) is 0 Å². The smallest absolute Gasteiger partial charge is 0.0527 e. The van der Waals surface area contributed by atoms with Crippen molar-refractivity contribution in [1.82, 2.24) is 0 Å². The first-order valence-corrected chi connectivity index (χ1v) is 8.84. The molecule has 108 valence electrons. The Bertz CT molecular complexity index is 825. The molecule has 0 aliphatic carbocycles. The zero-order chi connectivity index (χ0) is 14.9. The van der Waals surface area contributed by atoms with Crippen molar-refractivity contribution in [1.29, 1.82) is 0 Å². The van der Waals surface area contributed by atoms with Crippen LogP contribution in [0.2, 0.25) is 0 Å². The number of anilines is 2. The first kappa shape index (κ1) is 13.8. The molecule has 0 radical (unpaired) electrons. The van der Waals surface area contributed by atoms with Gasteiger partial charge in [0.2, 0.25) is 0 Å². The van der Waals surface area contributed by atoms with E-state index < -0.39 is 0 Å². The van der Waals surface area contributed by atoms with E-state index in [4.69, 9.17) is 0 Å². The number of hydrogen-bond donors (Lipinski definition) is 1. The van der Waals surface area contributed by atoms with Crippen molar-refractivity contribution in [3.63, 3.8) is 0 Å². The Labute approximate surface area is 139 Å². The molecule has 1 aliphatic heterocycles. The summed E-state index contributed by atoms with van der Waals surface area (Å²) in [6.45, 7) is 2.12. The lowest BCUT2D eigenvalue weighted by Gasteiger charge is -2.21. The molecule has 0 saturated heterocycles. The fourth-order valence-electron chi connectivity index (χ4n) is 2.42. The van der Waals surface area contributed by atoms with Crippen LogP contribution in [0.3, 0.4) is 0 Å². The van der Waals surface area contributed by atoms with Crippen LogP contribution < -0.4 is 5.32 Å². The predicted octanol–water partition coefficient (Wildman–Crippen LogP) is 6.35. The van der Waals surface area contributed by atoms with Crippen LogP contribution in [-0.2, 0) is 0 Å². The highest BCUT2D eigenvalue weighted by molar-refractivity contribution is 8.00. The number of fused-ring (bicyclic) bond motifs is 2. The summed E-state index contributed by atoms with van der Waals surface area (Å²) in [5.74, 6) is 0. The Hall–Kier alpha value is -1.84. The maximum atomic E-state index is 3.51. The van der Waals surface area contributed by atoms with Gasteiger partial charge < -0.3 is 5.32 Å². The van der Waals surface area contributed by atoms with Crippen molar-refractivity contribution in [3.8, 4) is 0 Å². The molecule has 0 bridgehead atoms. The second-order valence-corrected chi connectivity index (χ2v) is 7.53. The number of aryl methyl sites for hydroxylation is 1. The minimum absolute atomic E-state index is 1.19. The third-order valence-electron chi connectivity index (χ3n) is 3.59. The molecule has 3 aromatic rings. The van der Waals surface area contributed by atoms with Gasteiger partial charge in [0.25, 0.3) is 0 Å². The lowest BCUT2D eigenvalue weighted by Crippen LogP contribution is -1.99. The van der Waals surface area contributed by atoms with Gasteiger partial charge in [0, 0.05) is 19.6 Å². The molecule has 3 aromatic carbocycles. The van der Waals surface area contributed by atoms with Gasteiger partial charge in [-0.05, 0) is 49.4 Å². The van der Waals surface area contributed by atoms with Gasteiger partial charge in [-0.2, -0.15) is 0 Å². The quantitative estimate of drug-likeness (QED) is 0.461. The van der Waals surface area contributed by atoms with Crippen LogP contribution in [0.25, 0.3) is 0 Å². The maximum Gasteiger partial charge on any atom is 0.0527 e. The van der Waals surface area contributed by atoms with Gasteiger partial charge in [-0.3, -0.25) is 0 Å². The average Bonchev–Trinajstić information content (AvgIpc) is 2.55. The van der Waals surface area contributed by atoms with Gasteiger partial charge in [-0.1, -0.05) is 53.4 Å². The molecule has 1 heterocycles. The van der Waals surface area contributed by atoms with E-state index >= 15 is 0 Å². The summed E-state index contributed by atoms with van der Waals surface area (Å²) in [5, 5.41) is 3.51. The van der Waals surface area contributed by atoms with Crippen molar-refractivity contribution in [2.45, 2.75) is 26.5 Å². The van der Waals surface area contributed by atoms with E-state index in [0.717, 1.165) is 0 Å². The van der Waals surface area contributed by atoms with Crippen molar-refractivity contribution < 1.29 is 0 Å². The maximum absolute atomic E-state index is 3.51. The third-order valence-corrected chi connectivity index (χ3v) is 5.72. The molecule has 0 saturated carbocycles. The SMILES string of the molecule is Cc1ccc(Sc2ccc3c(c2)Sc2ccccc2N3)cc1. The van der Waals surface area contributed by atoms with Gasteiger partial charge in [0.15, 0.2) is 0 Å². The lowest BCUT2D eigenvalue weighted by atomic mass is 10.2. The molecule has 1 nitrogen and oxygen atoms in total. The Kier molecular flexibility index (Phi) is 3.60. The number of rotatable bonds is 2. The normalized spacial score (nSPS) is 12.2. The number of para-hydroxylation sites is 1. The molecular formula is C19H15NS2. The van der Waals surface area contributed by atoms with Crippen LogP contribution in [0.5, 0.6) is 0 Å². The molecule has 4 rings (SSSR count). The van der Waals surface area contributed by atoms with E-state index in [2.05, 4.69) is 79.0 Å². The zero-order valence-corrected chi connectivity index (χ0v) is 13.8. The van der Waals surface area contributed by atoms with Gasteiger partial charge >= 0.3 is 0 Å². The largest absolute Gasteiger partial charge is 0.354 e. The van der Waals surface area contributed by atoms with E-state index in [0.29, 0.717) is 0 Å². The van der Waals surface area contributed by atoms with Gasteiger partial charge in [-0.25, -0.2) is 0 Å². The van der Waals surface area contributed by atoms with E-state index in [1.54, 1.807) is 0 Å². The van der Waals surface area contributed by atoms with Crippen LogP contribution in [0.15, 0.2) is 86.3 Å². The molecule has 0 unspecified atom stereocenters. The van der Waals surface area contributed by atoms with Crippen molar-refractivity contribution in [2.75, 3.05) is 5.32 Å². The van der Waals surface area contributed by atoms with E-state index in [9.17, 15) is 0 Å². The highest BCUT2D eigenvalue weighted by Gasteiger charge is 2.15. The summed E-state index contributed by atoms with van der Waals surface area (Å²) in [6, 6.07) is 23.8. The van der Waals surface area contributed by atoms with Gasteiger partial charge in [-0.15, -0.1) is 0 Å². The van der Waals surface area contributed by atoms with Gasteiger partial charge in [0.05, 0.1) is 11.4 Å². The molecule has 22 heavy (non-hydrogen) atoms. The summed E-state index contributed by atoms with van der Waals surface area (Å²) in [5.41, 5.74) is 3.68. The predicted molar refractivity (Wildman–Crippen MR) is 95.6 cm³/mol. The molecule has 0 fully saturated rings. The van der Waals surface area contributed by atoms with Crippen LogP contribution in [0.4, 0.5) is 11.4 Å². The summed E-state index contributed by atoms with van der Waals surface area (Å²) < 4.78 is 0. The highest BCUT2D eigenvalue weighted by atomic mass is 32.2. The fraction of sp³-hybridized carbons (Fsp3) is 0.0526. The Morgan fingerprint density at radius 2 is 1.50 bits per heavy atom. The van der Waals surface area contributed by atoms with E-state index in [1.165, 1.54) is 36.5 Å². The number of benzene rings is 3. The molecule has 1 aliphatic rings. The second kappa shape index (κ2) is 5.75. The number of nitrogens with one attached hydrogen (secondary N) is 1. The van der Waals surface area contributed by atoms with Crippen molar-refractivity contribution >= 4 is 34.9 Å². The minimum atomic E-state index is 1.19. The molecule has 0 atom stereocenters. The minimum Gasteiger partial charge on any atom is -0.354 e. The molecule has 0 amide bonds. The van der Waals surface area contributed by atoms with Crippen LogP contribution in [0, 0.1) is 6.92 Å². The monoisotopic (exact) mass is 321 g/mol. The molecular weight excluding hydrogens is 306 g/mol. The van der Waals surface area contributed by atoms with Gasteiger partial charge in [0.1, 0.15) is 0 Å². The molecule has 3 heteroatoms. The average molecular weight is 321 g/mol. The Balaban J connectivity index is 1.61. The lowest BCUT2D eigenvalue weighted by molar-refractivity contribution is 1.26. The Morgan fingerprint density at radius 3 is 2.36 bits per heavy atom. The zero-order valence-electron chi connectivity index (χ0n) is 12.2. The highest BCUT2D eigenvalue weighted by Crippen LogP contribution is 2.45. The fourth-order valence-corrected chi connectivity index (χ4v) is 4.38. The van der Waals surface area contributed by atoms with E-state index in [1.807, 2.05) is 23.5 Å². The summed E-state index contributed by atoms with van der Waals surface area (Å²) in [4.78, 5) is 5.12. The molecule has 1 N–H and O–H groups in total. The standard InChI is InChI=1S/C19H15NS2/c1-13-6-8-14(9-7-13)21-15-10-11-17-19(12-15)22-18-5-3-2-4-16(18)20-17/h2-12,20H,1H3.